The number of halogens is 2. The average Bonchev–Trinajstić information content (AvgIpc) is 2.68. The third kappa shape index (κ3) is 5.14. The first-order chi connectivity index (χ1) is 14.2. The van der Waals surface area contributed by atoms with Gasteiger partial charge in [0.2, 0.25) is 0 Å². The maximum Gasteiger partial charge on any atom is 0.303 e. The molecule has 30 heavy (non-hydrogen) atoms. The van der Waals surface area contributed by atoms with Crippen molar-refractivity contribution in [1.82, 2.24) is 4.98 Å². The van der Waals surface area contributed by atoms with Crippen molar-refractivity contribution in [2.75, 3.05) is 4.72 Å². The van der Waals surface area contributed by atoms with Crippen LogP contribution in [0.4, 0.5) is 10.1 Å². The van der Waals surface area contributed by atoms with E-state index in [1.54, 1.807) is 31.2 Å². The van der Waals surface area contributed by atoms with Gasteiger partial charge < -0.3 is 5.11 Å². The summed E-state index contributed by atoms with van der Waals surface area (Å²) in [5.41, 5.74) is 1.98. The number of rotatable bonds is 7. The third-order valence-corrected chi connectivity index (χ3v) is 5.88. The van der Waals surface area contributed by atoms with E-state index in [1.165, 1.54) is 24.5 Å². The van der Waals surface area contributed by atoms with Gasteiger partial charge in [-0.3, -0.25) is 14.5 Å². The number of aliphatic carboxylic acids is 1. The van der Waals surface area contributed by atoms with Crippen molar-refractivity contribution in [3.63, 3.8) is 0 Å². The molecular weight excluding hydrogens is 431 g/mol. The third-order valence-electron chi connectivity index (χ3n) is 4.34. The summed E-state index contributed by atoms with van der Waals surface area (Å²) < 4.78 is 42.6. The van der Waals surface area contributed by atoms with Crippen LogP contribution in [0, 0.1) is 12.7 Å². The Labute approximate surface area is 178 Å². The second-order valence-electron chi connectivity index (χ2n) is 6.70. The Hall–Kier alpha value is -2.97. The van der Waals surface area contributed by atoms with Crippen molar-refractivity contribution >= 4 is 33.3 Å². The Morgan fingerprint density at radius 3 is 2.50 bits per heavy atom. The Bertz CT molecular complexity index is 1200. The summed E-state index contributed by atoms with van der Waals surface area (Å²) in [5, 5.41) is 8.91. The van der Waals surface area contributed by atoms with Crippen molar-refractivity contribution in [2.45, 2.75) is 24.7 Å². The molecule has 1 heterocycles. The number of pyridine rings is 1. The minimum absolute atomic E-state index is 0.0132. The smallest absolute Gasteiger partial charge is 0.303 e. The van der Waals surface area contributed by atoms with E-state index in [-0.39, 0.29) is 27.6 Å². The minimum atomic E-state index is -4.09. The van der Waals surface area contributed by atoms with E-state index >= 15 is 0 Å². The lowest BCUT2D eigenvalue weighted by Gasteiger charge is -2.15. The first kappa shape index (κ1) is 21.7. The van der Waals surface area contributed by atoms with E-state index < -0.39 is 21.8 Å². The van der Waals surface area contributed by atoms with Gasteiger partial charge in [-0.05, 0) is 48.2 Å². The standard InChI is InChI=1S/C21H18ClFN2O4S/c1-13-8-17(12-24-11-13)30(28,29)25-21-18(9-16(22)10-19(21)23)15-5-2-14(3-6-15)4-7-20(26)27/h2-3,5-6,8-12,25H,4,7H2,1H3,(H,26,27). The number of anilines is 1. The van der Waals surface area contributed by atoms with Crippen molar-refractivity contribution in [2.24, 2.45) is 0 Å². The molecule has 9 heteroatoms. The molecule has 0 radical (unpaired) electrons. The van der Waals surface area contributed by atoms with Gasteiger partial charge in [-0.15, -0.1) is 0 Å². The largest absolute Gasteiger partial charge is 0.481 e. The molecule has 0 saturated carbocycles. The van der Waals surface area contributed by atoms with Crippen LogP contribution in [0.2, 0.25) is 5.02 Å². The lowest BCUT2D eigenvalue weighted by Crippen LogP contribution is -2.15. The zero-order valence-corrected chi connectivity index (χ0v) is 17.5. The van der Waals surface area contributed by atoms with Gasteiger partial charge in [0, 0.05) is 29.4 Å². The Kier molecular flexibility index (Phi) is 6.38. The normalized spacial score (nSPS) is 11.3. The van der Waals surface area contributed by atoms with E-state index in [1.807, 2.05) is 0 Å². The molecule has 0 unspecified atom stereocenters. The summed E-state index contributed by atoms with van der Waals surface area (Å²) in [7, 11) is -4.09. The summed E-state index contributed by atoms with van der Waals surface area (Å²) in [6, 6.07) is 10.7. The maximum absolute atomic E-state index is 14.7. The van der Waals surface area contributed by atoms with Crippen LogP contribution in [0.1, 0.15) is 17.5 Å². The Morgan fingerprint density at radius 2 is 1.87 bits per heavy atom. The molecule has 156 valence electrons. The number of nitrogens with one attached hydrogen (secondary N) is 1. The topological polar surface area (TPSA) is 96.4 Å². The fourth-order valence-corrected chi connectivity index (χ4v) is 4.21. The molecule has 0 spiro atoms. The van der Waals surface area contributed by atoms with Crippen LogP contribution >= 0.6 is 11.6 Å². The van der Waals surface area contributed by atoms with Gasteiger partial charge in [0.25, 0.3) is 10.0 Å². The molecule has 3 rings (SSSR count). The van der Waals surface area contributed by atoms with Gasteiger partial charge >= 0.3 is 5.97 Å². The number of nitrogens with zero attached hydrogens (tertiary/aromatic N) is 1. The highest BCUT2D eigenvalue weighted by Gasteiger charge is 2.21. The lowest BCUT2D eigenvalue weighted by molar-refractivity contribution is -0.136. The van der Waals surface area contributed by atoms with E-state index in [0.29, 0.717) is 17.5 Å². The van der Waals surface area contributed by atoms with Gasteiger partial charge in [-0.2, -0.15) is 0 Å². The van der Waals surface area contributed by atoms with E-state index in [2.05, 4.69) is 9.71 Å². The van der Waals surface area contributed by atoms with Crippen LogP contribution < -0.4 is 4.72 Å². The SMILES string of the molecule is Cc1cncc(S(=O)(=O)Nc2c(F)cc(Cl)cc2-c2ccc(CCC(=O)O)cc2)c1. The molecule has 0 aliphatic carbocycles. The van der Waals surface area contributed by atoms with Crippen molar-refractivity contribution in [3.05, 3.63) is 76.8 Å². The fraction of sp³-hybridized carbons (Fsp3) is 0.143. The number of aromatic nitrogens is 1. The minimum Gasteiger partial charge on any atom is -0.481 e. The van der Waals surface area contributed by atoms with Crippen LogP contribution in [0.5, 0.6) is 0 Å². The Morgan fingerprint density at radius 1 is 1.17 bits per heavy atom. The molecular formula is C21H18ClFN2O4S. The number of carboxylic acid groups (broad SMARTS) is 1. The highest BCUT2D eigenvalue weighted by molar-refractivity contribution is 7.92. The molecule has 0 saturated heterocycles. The summed E-state index contributed by atoms with van der Waals surface area (Å²) >= 11 is 6.00. The molecule has 1 aromatic heterocycles. The number of aryl methyl sites for hydroxylation is 2. The predicted molar refractivity (Wildman–Crippen MR) is 113 cm³/mol. The summed E-state index contributed by atoms with van der Waals surface area (Å²) in [4.78, 5) is 14.5. The first-order valence-electron chi connectivity index (χ1n) is 8.90. The van der Waals surface area contributed by atoms with Crippen LogP contribution in [0.3, 0.4) is 0 Å². The summed E-state index contributed by atoms with van der Waals surface area (Å²) in [6.07, 6.45) is 3.03. The monoisotopic (exact) mass is 448 g/mol. The van der Waals surface area contributed by atoms with E-state index in [9.17, 15) is 17.6 Å². The number of benzene rings is 2. The van der Waals surface area contributed by atoms with Crippen LogP contribution in [-0.2, 0) is 21.2 Å². The van der Waals surface area contributed by atoms with Crippen molar-refractivity contribution < 1.29 is 22.7 Å². The molecule has 0 amide bonds. The predicted octanol–water partition coefficient (Wildman–Crippen LogP) is 4.67. The number of hydrogen-bond acceptors (Lipinski definition) is 4. The quantitative estimate of drug-likeness (QED) is 0.547. The first-order valence-corrected chi connectivity index (χ1v) is 10.8. The van der Waals surface area contributed by atoms with E-state index in [4.69, 9.17) is 16.7 Å². The zero-order valence-electron chi connectivity index (χ0n) is 15.9. The van der Waals surface area contributed by atoms with Gasteiger partial charge in [0.1, 0.15) is 10.7 Å². The summed E-state index contributed by atoms with van der Waals surface area (Å²) in [5.74, 6) is -1.73. The van der Waals surface area contributed by atoms with Gasteiger partial charge in [0.15, 0.2) is 0 Å². The van der Waals surface area contributed by atoms with Crippen molar-refractivity contribution in [3.8, 4) is 11.1 Å². The summed E-state index contributed by atoms with van der Waals surface area (Å²) in [6.45, 7) is 1.70. The molecule has 0 aliphatic rings. The van der Waals surface area contributed by atoms with Gasteiger partial charge in [-0.1, -0.05) is 35.9 Å². The molecule has 2 aromatic carbocycles. The zero-order chi connectivity index (χ0) is 21.9. The van der Waals surface area contributed by atoms with Crippen molar-refractivity contribution in [1.29, 1.82) is 0 Å². The molecule has 0 fully saturated rings. The van der Waals surface area contributed by atoms with Gasteiger partial charge in [0.05, 0.1) is 5.69 Å². The molecule has 0 aliphatic heterocycles. The maximum atomic E-state index is 14.7. The highest BCUT2D eigenvalue weighted by Crippen LogP contribution is 2.35. The molecule has 0 bridgehead atoms. The molecule has 3 aromatic rings. The lowest BCUT2D eigenvalue weighted by atomic mass is 10.0. The number of carbonyl (C=O) groups is 1. The fourth-order valence-electron chi connectivity index (χ4n) is 2.87. The molecule has 6 nitrogen and oxygen atoms in total. The number of sulfonamides is 1. The van der Waals surface area contributed by atoms with E-state index in [0.717, 1.165) is 11.6 Å². The second-order valence-corrected chi connectivity index (χ2v) is 8.82. The second kappa shape index (κ2) is 8.81. The Balaban J connectivity index is 2.00. The van der Waals surface area contributed by atoms with Crippen LogP contribution in [-0.4, -0.2) is 24.5 Å². The average molecular weight is 449 g/mol. The number of carboxylic acids is 1. The van der Waals surface area contributed by atoms with Crippen LogP contribution in [0.25, 0.3) is 11.1 Å². The number of hydrogen-bond donors (Lipinski definition) is 2. The molecule has 0 atom stereocenters. The highest BCUT2D eigenvalue weighted by atomic mass is 35.5. The van der Waals surface area contributed by atoms with Crippen LogP contribution in [0.15, 0.2) is 59.8 Å². The van der Waals surface area contributed by atoms with Gasteiger partial charge in [-0.25, -0.2) is 12.8 Å². The molecule has 2 N–H and O–H groups in total.